The summed E-state index contributed by atoms with van der Waals surface area (Å²) in [6.07, 6.45) is 0.895. The van der Waals surface area contributed by atoms with E-state index in [1.165, 1.54) is 12.1 Å². The molecule has 8 heteroatoms. The molecule has 0 amide bonds. The van der Waals surface area contributed by atoms with Crippen molar-refractivity contribution >= 4 is 31.6 Å². The highest BCUT2D eigenvalue weighted by molar-refractivity contribution is 8.08. The predicted molar refractivity (Wildman–Crippen MR) is 62.9 cm³/mol. The van der Waals surface area contributed by atoms with Crippen LogP contribution in [0.25, 0.3) is 0 Å². The molecule has 0 heterocycles. The van der Waals surface area contributed by atoms with E-state index in [1.807, 2.05) is 0 Å². The average molecular weight is 276 g/mol. The second-order valence-electron chi connectivity index (χ2n) is 3.06. The molecule has 0 bridgehead atoms. The van der Waals surface area contributed by atoms with E-state index >= 15 is 0 Å². The van der Waals surface area contributed by atoms with Gasteiger partial charge < -0.3 is 0 Å². The molecule has 0 aliphatic rings. The predicted octanol–water partition coefficient (Wildman–Crippen LogP) is 1.66. The van der Waals surface area contributed by atoms with Crippen molar-refractivity contribution in [1.82, 2.24) is 0 Å². The molecule has 0 saturated carbocycles. The first-order valence-electron chi connectivity index (χ1n) is 4.23. The smallest absolute Gasteiger partial charge is 0.240 e. The molecule has 17 heavy (non-hydrogen) atoms. The zero-order chi connectivity index (χ0) is 13.1. The number of anilines is 1. The highest BCUT2D eigenvalue weighted by Crippen LogP contribution is 2.14. The van der Waals surface area contributed by atoms with E-state index in [0.29, 0.717) is 0 Å². The Kier molecular flexibility index (Phi) is 4.04. The van der Waals surface area contributed by atoms with Crippen LogP contribution in [0.4, 0.5) is 10.1 Å². The number of benzene rings is 1. The Morgan fingerprint density at radius 1 is 1.59 bits per heavy atom. The van der Waals surface area contributed by atoms with Gasteiger partial charge in [-0.3, -0.25) is 5.43 Å². The summed E-state index contributed by atoms with van der Waals surface area (Å²) in [5, 5.41) is 12.0. The summed E-state index contributed by atoms with van der Waals surface area (Å²) in [5.74, 6) is -0.670. The molecular weight excluding hydrogens is 269 g/mol. The van der Waals surface area contributed by atoms with Crippen molar-refractivity contribution in [2.24, 2.45) is 5.10 Å². The summed E-state index contributed by atoms with van der Waals surface area (Å²) in [5.41, 5.74) is 2.39. The maximum atomic E-state index is 13.0. The molecule has 5 nitrogen and oxygen atoms in total. The van der Waals surface area contributed by atoms with Crippen LogP contribution in [-0.2, 0) is 9.84 Å². The summed E-state index contributed by atoms with van der Waals surface area (Å²) in [7, 11) is -3.58. The van der Waals surface area contributed by atoms with Gasteiger partial charge >= 0.3 is 0 Å². The molecule has 0 radical (unpaired) electrons. The van der Waals surface area contributed by atoms with Crippen LogP contribution in [-0.4, -0.2) is 19.2 Å². The van der Waals surface area contributed by atoms with E-state index in [2.05, 4.69) is 10.5 Å². The summed E-state index contributed by atoms with van der Waals surface area (Å²) < 4.78 is 34.2. The van der Waals surface area contributed by atoms with Crippen molar-refractivity contribution in [3.05, 3.63) is 29.6 Å². The Hall–Kier alpha value is -1.65. The van der Waals surface area contributed by atoms with Crippen molar-refractivity contribution < 1.29 is 12.8 Å². The van der Waals surface area contributed by atoms with Crippen molar-refractivity contribution in [3.8, 4) is 6.07 Å². The monoisotopic (exact) mass is 275 g/mol. The summed E-state index contributed by atoms with van der Waals surface area (Å²) in [6.45, 7) is 0. The van der Waals surface area contributed by atoms with Gasteiger partial charge in [0.1, 0.15) is 11.9 Å². The van der Waals surface area contributed by atoms with Gasteiger partial charge in [0.05, 0.1) is 11.3 Å². The Morgan fingerprint density at radius 2 is 2.24 bits per heavy atom. The first kappa shape index (κ1) is 13.4. The van der Waals surface area contributed by atoms with E-state index in [9.17, 15) is 12.8 Å². The van der Waals surface area contributed by atoms with Crippen molar-refractivity contribution in [2.75, 3.05) is 11.7 Å². The molecule has 1 aromatic carbocycles. The number of nitrogens with one attached hydrogen (secondary N) is 1. The fourth-order valence-electron chi connectivity index (χ4n) is 0.872. The van der Waals surface area contributed by atoms with Crippen molar-refractivity contribution in [1.29, 1.82) is 5.26 Å². The summed E-state index contributed by atoms with van der Waals surface area (Å²) in [4.78, 5) is 0. The van der Waals surface area contributed by atoms with Crippen LogP contribution >= 0.6 is 11.6 Å². The Morgan fingerprint density at radius 3 is 2.76 bits per heavy atom. The molecule has 0 aliphatic carbocycles. The molecule has 0 aromatic heterocycles. The lowest BCUT2D eigenvalue weighted by Crippen LogP contribution is -2.08. The molecule has 0 atom stereocenters. The third-order valence-electron chi connectivity index (χ3n) is 1.67. The van der Waals surface area contributed by atoms with Gasteiger partial charge in [-0.05, 0) is 29.8 Å². The standard InChI is InChI=1S/C9H7ClFN3O2S/c1-17(15,16)9(10)14-13-7-2-3-8(11)6(4-7)5-12/h2-4,13H,1H3/b14-9+. The van der Waals surface area contributed by atoms with E-state index in [1.54, 1.807) is 6.07 Å². The van der Waals surface area contributed by atoms with E-state index in [-0.39, 0.29) is 11.3 Å². The summed E-state index contributed by atoms with van der Waals surface area (Å²) >= 11 is 5.37. The van der Waals surface area contributed by atoms with Gasteiger partial charge in [-0.2, -0.15) is 10.4 Å². The van der Waals surface area contributed by atoms with E-state index in [0.717, 1.165) is 12.3 Å². The van der Waals surface area contributed by atoms with Crippen LogP contribution in [0, 0.1) is 17.1 Å². The molecule has 1 N–H and O–H groups in total. The zero-order valence-electron chi connectivity index (χ0n) is 8.61. The minimum atomic E-state index is -3.58. The SMILES string of the molecule is CS(=O)(=O)/C(Cl)=N/Nc1ccc(F)c(C#N)c1. The Balaban J connectivity index is 2.96. The molecule has 0 aliphatic heterocycles. The number of halogens is 2. The van der Waals surface area contributed by atoms with Crippen LogP contribution < -0.4 is 5.43 Å². The maximum Gasteiger partial charge on any atom is 0.240 e. The fourth-order valence-corrected chi connectivity index (χ4v) is 1.13. The number of sulfone groups is 1. The maximum absolute atomic E-state index is 13.0. The number of rotatable bonds is 2. The normalized spacial score (nSPS) is 12.0. The second kappa shape index (κ2) is 5.12. The first-order valence-corrected chi connectivity index (χ1v) is 6.50. The molecule has 0 fully saturated rings. The molecule has 90 valence electrons. The Labute approximate surface area is 102 Å². The quantitative estimate of drug-likeness (QED) is 0.505. The molecule has 0 spiro atoms. The van der Waals surface area contributed by atoms with Crippen molar-refractivity contribution in [2.45, 2.75) is 0 Å². The van der Waals surface area contributed by atoms with Gasteiger partial charge in [0.25, 0.3) is 0 Å². The molecule has 0 unspecified atom stereocenters. The lowest BCUT2D eigenvalue weighted by Gasteiger charge is -2.01. The van der Waals surface area contributed by atoms with Gasteiger partial charge in [0.2, 0.25) is 14.3 Å². The third-order valence-corrected chi connectivity index (χ3v) is 3.29. The molecule has 1 aromatic rings. The number of nitrogens with zero attached hydrogens (tertiary/aromatic N) is 2. The Bertz CT molecular complexity index is 607. The lowest BCUT2D eigenvalue weighted by molar-refractivity contribution is 0.613. The zero-order valence-corrected chi connectivity index (χ0v) is 10.2. The lowest BCUT2D eigenvalue weighted by atomic mass is 10.2. The number of hydrogen-bond acceptors (Lipinski definition) is 5. The number of hydrazone groups is 1. The van der Waals surface area contributed by atoms with Crippen LogP contribution in [0.5, 0.6) is 0 Å². The molecule has 0 saturated heterocycles. The average Bonchev–Trinajstić information content (AvgIpc) is 2.26. The van der Waals surface area contributed by atoms with Gasteiger partial charge in [-0.25, -0.2) is 12.8 Å². The van der Waals surface area contributed by atoms with Crippen LogP contribution in [0.1, 0.15) is 5.56 Å². The topological polar surface area (TPSA) is 82.3 Å². The largest absolute Gasteiger partial charge is 0.276 e. The minimum Gasteiger partial charge on any atom is -0.276 e. The minimum absolute atomic E-state index is 0.180. The molecule has 1 rings (SSSR count). The summed E-state index contributed by atoms with van der Waals surface area (Å²) in [6, 6.07) is 5.18. The van der Waals surface area contributed by atoms with Crippen LogP contribution in [0.2, 0.25) is 0 Å². The fraction of sp³-hybridized carbons (Fsp3) is 0.111. The van der Waals surface area contributed by atoms with Crippen LogP contribution in [0.15, 0.2) is 23.3 Å². The van der Waals surface area contributed by atoms with Crippen LogP contribution in [0.3, 0.4) is 0 Å². The first-order chi connectivity index (χ1) is 7.84. The molecular formula is C9H7ClFN3O2S. The van der Waals surface area contributed by atoms with Gasteiger partial charge in [0.15, 0.2) is 0 Å². The third kappa shape index (κ3) is 3.69. The van der Waals surface area contributed by atoms with Crippen molar-refractivity contribution in [3.63, 3.8) is 0 Å². The van der Waals surface area contributed by atoms with Gasteiger partial charge in [-0.1, -0.05) is 0 Å². The highest BCUT2D eigenvalue weighted by atomic mass is 35.5. The second-order valence-corrected chi connectivity index (χ2v) is 5.57. The van der Waals surface area contributed by atoms with Gasteiger partial charge in [0, 0.05) is 6.26 Å². The van der Waals surface area contributed by atoms with Gasteiger partial charge in [-0.15, -0.1) is 0 Å². The van der Waals surface area contributed by atoms with E-state index < -0.39 is 20.2 Å². The number of nitriles is 1. The number of hydrogen-bond donors (Lipinski definition) is 1. The van der Waals surface area contributed by atoms with E-state index in [4.69, 9.17) is 16.9 Å². The highest BCUT2D eigenvalue weighted by Gasteiger charge is 2.09.